The number of amides is 4. The minimum Gasteiger partial charge on any atom is -0.326 e. The fourth-order valence-corrected chi connectivity index (χ4v) is 3.40. The van der Waals surface area contributed by atoms with Gasteiger partial charge >= 0.3 is 0 Å². The van der Waals surface area contributed by atoms with E-state index in [0.717, 1.165) is 17.0 Å². The molecule has 0 atom stereocenters. The van der Waals surface area contributed by atoms with Crippen LogP contribution in [-0.4, -0.2) is 48.0 Å². The highest BCUT2D eigenvalue weighted by Gasteiger charge is 2.23. The Balaban J connectivity index is 1.86. The third-order valence-electron chi connectivity index (χ3n) is 4.11. The number of imide groups is 1. The number of nitrogen functional groups attached to an aromatic ring is 1. The first-order valence-electron chi connectivity index (χ1n) is 8.59. The van der Waals surface area contributed by atoms with Gasteiger partial charge < -0.3 is 5.32 Å². The van der Waals surface area contributed by atoms with E-state index in [1.165, 1.54) is 18.2 Å². The summed E-state index contributed by atoms with van der Waals surface area (Å²) in [5.41, 5.74) is 1.48. The standard InChI is InChI=1S/C17H20N4O7S/c18-20-17(25)12-6-5-11(10-13(12)29(26,27)28)19-14(22)4-2-1-3-9-21-15(23)7-8-16(21)24/h5-8,10H,1-4,9,18H2,(H,19,22)(H,20,25)(H,26,27,28). The van der Waals surface area contributed by atoms with Crippen LogP contribution in [-0.2, 0) is 24.5 Å². The molecule has 1 aliphatic heterocycles. The van der Waals surface area contributed by atoms with Gasteiger partial charge in [-0.25, -0.2) is 5.84 Å². The molecule has 1 heterocycles. The van der Waals surface area contributed by atoms with Gasteiger partial charge in [-0.05, 0) is 31.0 Å². The van der Waals surface area contributed by atoms with Crippen molar-refractivity contribution in [3.63, 3.8) is 0 Å². The zero-order valence-corrected chi connectivity index (χ0v) is 16.1. The van der Waals surface area contributed by atoms with Crippen molar-refractivity contribution in [3.8, 4) is 0 Å². The van der Waals surface area contributed by atoms with Crippen molar-refractivity contribution in [1.82, 2.24) is 10.3 Å². The second kappa shape index (κ2) is 9.41. The van der Waals surface area contributed by atoms with Gasteiger partial charge in [0.1, 0.15) is 4.90 Å². The molecule has 0 saturated heterocycles. The summed E-state index contributed by atoms with van der Waals surface area (Å²) >= 11 is 0. The molecule has 0 aliphatic carbocycles. The summed E-state index contributed by atoms with van der Waals surface area (Å²) < 4.78 is 32.2. The number of benzene rings is 1. The lowest BCUT2D eigenvalue weighted by molar-refractivity contribution is -0.136. The number of hydrazine groups is 1. The summed E-state index contributed by atoms with van der Waals surface area (Å²) in [7, 11) is -4.72. The Kier molecular flexibility index (Phi) is 7.20. The van der Waals surface area contributed by atoms with Crippen LogP contribution in [0.5, 0.6) is 0 Å². The molecule has 1 aromatic rings. The molecule has 0 bridgehead atoms. The maximum Gasteiger partial charge on any atom is 0.295 e. The molecular formula is C17H20N4O7S. The van der Waals surface area contributed by atoms with E-state index in [-0.39, 0.29) is 36.0 Å². The Morgan fingerprint density at radius 3 is 2.31 bits per heavy atom. The van der Waals surface area contributed by atoms with E-state index in [2.05, 4.69) is 5.32 Å². The van der Waals surface area contributed by atoms with Gasteiger partial charge in [-0.1, -0.05) is 6.42 Å². The molecule has 1 aromatic carbocycles. The Labute approximate surface area is 166 Å². The third kappa shape index (κ3) is 5.94. The first-order valence-corrected chi connectivity index (χ1v) is 10.0. The number of anilines is 1. The van der Waals surface area contributed by atoms with Crippen molar-refractivity contribution in [2.45, 2.75) is 30.6 Å². The number of carbonyl (C=O) groups is 4. The largest absolute Gasteiger partial charge is 0.326 e. The quantitative estimate of drug-likeness (QED) is 0.107. The van der Waals surface area contributed by atoms with Crippen molar-refractivity contribution in [2.24, 2.45) is 5.84 Å². The van der Waals surface area contributed by atoms with Gasteiger partial charge in [0.25, 0.3) is 27.8 Å². The van der Waals surface area contributed by atoms with Crippen LogP contribution in [0.2, 0.25) is 0 Å². The maximum atomic E-state index is 12.0. The van der Waals surface area contributed by atoms with Gasteiger partial charge in [0.05, 0.1) is 5.56 Å². The Bertz CT molecular complexity index is 954. The van der Waals surface area contributed by atoms with E-state index in [9.17, 15) is 32.1 Å². The molecule has 0 unspecified atom stereocenters. The number of nitrogens with zero attached hydrogens (tertiary/aromatic N) is 1. The van der Waals surface area contributed by atoms with Crippen LogP contribution < -0.4 is 16.6 Å². The van der Waals surface area contributed by atoms with E-state index < -0.39 is 26.8 Å². The molecule has 5 N–H and O–H groups in total. The first kappa shape index (κ1) is 22.2. The summed E-state index contributed by atoms with van der Waals surface area (Å²) in [6.45, 7) is 0.272. The second-order valence-electron chi connectivity index (χ2n) is 6.18. The number of nitrogens with two attached hydrogens (primary N) is 1. The molecule has 0 aromatic heterocycles. The van der Waals surface area contributed by atoms with E-state index in [1.807, 2.05) is 0 Å². The Morgan fingerprint density at radius 2 is 1.72 bits per heavy atom. The number of carbonyl (C=O) groups excluding carboxylic acids is 4. The second-order valence-corrected chi connectivity index (χ2v) is 7.57. The van der Waals surface area contributed by atoms with Gasteiger partial charge in [-0.2, -0.15) is 8.42 Å². The molecular weight excluding hydrogens is 404 g/mol. The van der Waals surface area contributed by atoms with Crippen LogP contribution in [0.1, 0.15) is 36.0 Å². The van der Waals surface area contributed by atoms with E-state index >= 15 is 0 Å². The molecule has 2 rings (SSSR count). The van der Waals surface area contributed by atoms with Crippen LogP contribution in [0.3, 0.4) is 0 Å². The monoisotopic (exact) mass is 424 g/mol. The lowest BCUT2D eigenvalue weighted by Gasteiger charge is -2.13. The van der Waals surface area contributed by atoms with Crippen LogP contribution in [0, 0.1) is 0 Å². The Morgan fingerprint density at radius 1 is 1.07 bits per heavy atom. The fourth-order valence-electron chi connectivity index (χ4n) is 2.69. The van der Waals surface area contributed by atoms with Gasteiger partial charge in [-0.3, -0.25) is 34.1 Å². The zero-order valence-electron chi connectivity index (χ0n) is 15.3. The number of hydrogen-bond acceptors (Lipinski definition) is 7. The lowest BCUT2D eigenvalue weighted by Crippen LogP contribution is -2.31. The molecule has 156 valence electrons. The minimum atomic E-state index is -4.72. The van der Waals surface area contributed by atoms with Crippen molar-refractivity contribution in [2.75, 3.05) is 11.9 Å². The summed E-state index contributed by atoms with van der Waals surface area (Å²) in [6, 6.07) is 3.36. The molecule has 0 radical (unpaired) electrons. The normalized spacial score (nSPS) is 13.7. The first-order chi connectivity index (χ1) is 13.6. The average Bonchev–Trinajstić information content (AvgIpc) is 2.98. The van der Waals surface area contributed by atoms with E-state index in [4.69, 9.17) is 5.84 Å². The minimum absolute atomic E-state index is 0.0792. The van der Waals surface area contributed by atoms with Gasteiger partial charge in [0.15, 0.2) is 0 Å². The molecule has 1 aliphatic rings. The summed E-state index contributed by atoms with van der Waals surface area (Å²) in [4.78, 5) is 46.9. The topological polar surface area (TPSA) is 176 Å². The van der Waals surface area contributed by atoms with Gasteiger partial charge in [0, 0.05) is 30.8 Å². The van der Waals surface area contributed by atoms with Crippen molar-refractivity contribution in [3.05, 3.63) is 35.9 Å². The zero-order chi connectivity index (χ0) is 21.6. The highest BCUT2D eigenvalue weighted by Crippen LogP contribution is 2.21. The van der Waals surface area contributed by atoms with Crippen LogP contribution in [0.15, 0.2) is 35.2 Å². The predicted octanol–water partition coefficient (Wildman–Crippen LogP) is -0.0393. The Hall–Kier alpha value is -3.09. The van der Waals surface area contributed by atoms with Crippen molar-refractivity contribution >= 4 is 39.4 Å². The summed E-state index contributed by atoms with van der Waals surface area (Å²) in [5, 5.41) is 2.48. The fraction of sp³-hybridized carbons (Fsp3) is 0.294. The predicted molar refractivity (Wildman–Crippen MR) is 101 cm³/mol. The highest BCUT2D eigenvalue weighted by atomic mass is 32.2. The molecule has 4 amide bonds. The SMILES string of the molecule is NNC(=O)c1ccc(NC(=O)CCCCCN2C(=O)C=CC2=O)cc1S(=O)(=O)O. The van der Waals surface area contributed by atoms with Gasteiger partial charge in [0.2, 0.25) is 5.91 Å². The summed E-state index contributed by atoms with van der Waals surface area (Å²) in [6.07, 6.45) is 4.15. The molecule has 11 nitrogen and oxygen atoms in total. The third-order valence-corrected chi connectivity index (χ3v) is 5.00. The van der Waals surface area contributed by atoms with Crippen molar-refractivity contribution in [1.29, 1.82) is 0 Å². The number of nitrogens with one attached hydrogen (secondary N) is 2. The average molecular weight is 424 g/mol. The molecule has 12 heteroatoms. The van der Waals surface area contributed by atoms with Crippen LogP contribution in [0.4, 0.5) is 5.69 Å². The molecule has 29 heavy (non-hydrogen) atoms. The number of rotatable bonds is 9. The number of unbranched alkanes of at least 4 members (excludes halogenated alkanes) is 2. The van der Waals surface area contributed by atoms with Crippen LogP contribution in [0.25, 0.3) is 0 Å². The van der Waals surface area contributed by atoms with E-state index in [1.54, 1.807) is 5.43 Å². The van der Waals surface area contributed by atoms with Gasteiger partial charge in [-0.15, -0.1) is 0 Å². The van der Waals surface area contributed by atoms with Crippen molar-refractivity contribution < 1.29 is 32.1 Å². The van der Waals surface area contributed by atoms with E-state index in [0.29, 0.717) is 19.3 Å². The molecule has 0 fully saturated rings. The highest BCUT2D eigenvalue weighted by molar-refractivity contribution is 7.86. The van der Waals surface area contributed by atoms with Crippen LogP contribution >= 0.6 is 0 Å². The smallest absolute Gasteiger partial charge is 0.295 e. The lowest BCUT2D eigenvalue weighted by atomic mass is 10.1. The number of hydrogen-bond donors (Lipinski definition) is 4. The molecule has 0 saturated carbocycles. The summed E-state index contributed by atoms with van der Waals surface area (Å²) in [5.74, 6) is 2.95. The maximum absolute atomic E-state index is 12.0. The molecule has 0 spiro atoms.